The number of rotatable bonds is 7. The van der Waals surface area contributed by atoms with E-state index in [1.165, 1.54) is 15.8 Å². The number of primary sulfonamides is 1. The van der Waals surface area contributed by atoms with Crippen molar-refractivity contribution in [3.8, 4) is 6.07 Å². The van der Waals surface area contributed by atoms with E-state index in [1.54, 1.807) is 0 Å². The van der Waals surface area contributed by atoms with Crippen LogP contribution in [0.15, 0.2) is 47.6 Å². The normalized spacial score (nSPS) is 11.0. The van der Waals surface area contributed by atoms with Gasteiger partial charge in [-0.1, -0.05) is 30.3 Å². The van der Waals surface area contributed by atoms with E-state index in [4.69, 9.17) is 10.4 Å². The third-order valence-corrected chi connectivity index (χ3v) is 4.19. The first-order valence-electron chi connectivity index (χ1n) is 7.14. The van der Waals surface area contributed by atoms with Crippen molar-refractivity contribution in [2.45, 2.75) is 24.4 Å². The topological polar surface area (TPSA) is 122 Å². The lowest BCUT2D eigenvalue weighted by molar-refractivity contribution is -0.131. The molecule has 0 aliphatic rings. The molecule has 0 aliphatic heterocycles. The fourth-order valence-electron chi connectivity index (χ4n) is 2.10. The molecule has 0 fully saturated rings. The van der Waals surface area contributed by atoms with Crippen LogP contribution in [0.5, 0.6) is 0 Å². The number of hydrogen-bond acceptors (Lipinski definition) is 5. The summed E-state index contributed by atoms with van der Waals surface area (Å²) in [5.41, 5.74) is 0.928. The van der Waals surface area contributed by atoms with E-state index in [1.807, 2.05) is 36.4 Å². The van der Waals surface area contributed by atoms with Crippen molar-refractivity contribution in [2.24, 2.45) is 5.14 Å². The number of nitrogens with zero attached hydrogens (tertiary/aromatic N) is 4. The number of nitriles is 1. The number of sulfonamides is 1. The quantitative estimate of drug-likeness (QED) is 0.730. The van der Waals surface area contributed by atoms with Crippen molar-refractivity contribution in [2.75, 3.05) is 6.54 Å². The molecule has 0 saturated heterocycles. The molecule has 2 aromatic rings. The summed E-state index contributed by atoms with van der Waals surface area (Å²) in [6.07, 6.45) is 2.51. The minimum Gasteiger partial charge on any atom is -0.325 e. The average Bonchev–Trinajstić information content (AvgIpc) is 3.02. The lowest BCUT2D eigenvalue weighted by Gasteiger charge is -2.19. The van der Waals surface area contributed by atoms with E-state index in [2.05, 4.69) is 5.10 Å². The van der Waals surface area contributed by atoms with Gasteiger partial charge in [0, 0.05) is 25.7 Å². The van der Waals surface area contributed by atoms with Gasteiger partial charge in [-0.2, -0.15) is 10.4 Å². The number of carbonyl (C=O) groups is 1. The maximum atomic E-state index is 12.3. The summed E-state index contributed by atoms with van der Waals surface area (Å²) in [7, 11) is -3.81. The molecular formula is C15H17N5O3S. The number of amides is 1. The van der Waals surface area contributed by atoms with E-state index in [-0.39, 0.29) is 30.3 Å². The maximum absolute atomic E-state index is 12.3. The summed E-state index contributed by atoms with van der Waals surface area (Å²) in [5.74, 6) is -0.215. The molecule has 1 aromatic carbocycles. The first-order valence-corrected chi connectivity index (χ1v) is 8.68. The van der Waals surface area contributed by atoms with Crippen LogP contribution in [0.25, 0.3) is 0 Å². The van der Waals surface area contributed by atoms with E-state index < -0.39 is 10.0 Å². The van der Waals surface area contributed by atoms with Crippen molar-refractivity contribution >= 4 is 15.9 Å². The highest BCUT2D eigenvalue weighted by atomic mass is 32.2. The van der Waals surface area contributed by atoms with Gasteiger partial charge in [0.1, 0.15) is 11.4 Å². The van der Waals surface area contributed by atoms with Gasteiger partial charge in [0.2, 0.25) is 15.9 Å². The molecule has 0 bridgehead atoms. The fourth-order valence-corrected chi connectivity index (χ4v) is 2.57. The van der Waals surface area contributed by atoms with Gasteiger partial charge < -0.3 is 4.90 Å². The summed E-state index contributed by atoms with van der Waals surface area (Å²) in [5, 5.41) is 17.8. The Hall–Kier alpha value is -2.70. The zero-order chi connectivity index (χ0) is 17.6. The van der Waals surface area contributed by atoms with Gasteiger partial charge in [0.15, 0.2) is 0 Å². The van der Waals surface area contributed by atoms with E-state index >= 15 is 0 Å². The summed E-state index contributed by atoms with van der Waals surface area (Å²) in [6, 6.07) is 11.3. The van der Waals surface area contributed by atoms with E-state index in [0.29, 0.717) is 6.54 Å². The van der Waals surface area contributed by atoms with Crippen LogP contribution in [0, 0.1) is 11.3 Å². The van der Waals surface area contributed by atoms with Gasteiger partial charge in [-0.25, -0.2) is 13.6 Å². The number of aryl methyl sites for hydroxylation is 1. The van der Waals surface area contributed by atoms with E-state index in [9.17, 15) is 13.2 Å². The van der Waals surface area contributed by atoms with Gasteiger partial charge in [-0.3, -0.25) is 9.48 Å². The standard InChI is InChI=1S/C15H17N5O3S/c16-7-9-19(11-13-4-2-1-3-5-13)15(21)6-8-20-12-14(10-18-20)24(17,22)23/h1-5,10,12H,6,8-9,11H2,(H2,17,22,23). The molecular weight excluding hydrogens is 330 g/mol. The van der Waals surface area contributed by atoms with Crippen molar-refractivity contribution in [3.63, 3.8) is 0 Å². The van der Waals surface area contributed by atoms with Crippen molar-refractivity contribution < 1.29 is 13.2 Å². The second kappa shape index (κ2) is 7.72. The summed E-state index contributed by atoms with van der Waals surface area (Å²) in [4.78, 5) is 13.6. The van der Waals surface area contributed by atoms with Crippen LogP contribution in [0.4, 0.5) is 0 Å². The highest BCUT2D eigenvalue weighted by Crippen LogP contribution is 2.08. The van der Waals surface area contributed by atoms with Crippen LogP contribution in [0.1, 0.15) is 12.0 Å². The Labute approximate surface area is 140 Å². The third-order valence-electron chi connectivity index (χ3n) is 3.32. The average molecular weight is 347 g/mol. The van der Waals surface area contributed by atoms with Crippen LogP contribution in [-0.4, -0.2) is 35.6 Å². The summed E-state index contributed by atoms with van der Waals surface area (Å²) in [6.45, 7) is 0.523. The summed E-state index contributed by atoms with van der Waals surface area (Å²) >= 11 is 0. The number of carbonyl (C=O) groups excluding carboxylic acids is 1. The van der Waals surface area contributed by atoms with Gasteiger partial charge in [-0.05, 0) is 5.56 Å². The first-order chi connectivity index (χ1) is 11.4. The Morgan fingerprint density at radius 1 is 1.33 bits per heavy atom. The number of aromatic nitrogens is 2. The number of benzene rings is 1. The molecule has 2 N–H and O–H groups in total. The van der Waals surface area contributed by atoms with Gasteiger partial charge in [0.05, 0.1) is 12.3 Å². The highest BCUT2D eigenvalue weighted by molar-refractivity contribution is 7.89. The molecule has 24 heavy (non-hydrogen) atoms. The van der Waals surface area contributed by atoms with Crippen LogP contribution in [0.2, 0.25) is 0 Å². The highest BCUT2D eigenvalue weighted by Gasteiger charge is 2.15. The van der Waals surface area contributed by atoms with Crippen molar-refractivity contribution in [1.82, 2.24) is 14.7 Å². The zero-order valence-electron chi connectivity index (χ0n) is 12.9. The fraction of sp³-hybridized carbons (Fsp3) is 0.267. The molecule has 0 saturated carbocycles. The molecule has 1 heterocycles. The second-order valence-corrected chi connectivity index (χ2v) is 6.69. The minimum atomic E-state index is -3.81. The smallest absolute Gasteiger partial charge is 0.241 e. The lowest BCUT2D eigenvalue weighted by Crippen LogP contribution is -2.31. The van der Waals surface area contributed by atoms with Crippen molar-refractivity contribution in [1.29, 1.82) is 5.26 Å². The molecule has 0 aliphatic carbocycles. The zero-order valence-corrected chi connectivity index (χ0v) is 13.7. The molecule has 0 radical (unpaired) electrons. The first kappa shape index (κ1) is 17.7. The van der Waals surface area contributed by atoms with Crippen LogP contribution in [-0.2, 0) is 27.9 Å². The third kappa shape index (κ3) is 4.91. The molecule has 8 nitrogen and oxygen atoms in total. The largest absolute Gasteiger partial charge is 0.325 e. The van der Waals surface area contributed by atoms with Crippen molar-refractivity contribution in [3.05, 3.63) is 48.3 Å². The molecule has 126 valence electrons. The Morgan fingerprint density at radius 3 is 2.62 bits per heavy atom. The van der Waals surface area contributed by atoms with Gasteiger partial charge in [-0.15, -0.1) is 0 Å². The second-order valence-electron chi connectivity index (χ2n) is 5.13. The Balaban J connectivity index is 1.98. The monoisotopic (exact) mass is 347 g/mol. The van der Waals surface area contributed by atoms with Crippen LogP contribution in [0.3, 0.4) is 0 Å². The van der Waals surface area contributed by atoms with Crippen LogP contribution >= 0.6 is 0 Å². The molecule has 0 atom stereocenters. The lowest BCUT2D eigenvalue weighted by atomic mass is 10.2. The predicted octanol–water partition coefficient (Wildman–Crippen LogP) is 0.473. The molecule has 1 aromatic heterocycles. The molecule has 9 heteroatoms. The number of hydrogen-bond donors (Lipinski definition) is 1. The van der Waals surface area contributed by atoms with Gasteiger partial charge >= 0.3 is 0 Å². The number of nitrogens with two attached hydrogens (primary N) is 1. The molecule has 0 spiro atoms. The van der Waals surface area contributed by atoms with Crippen LogP contribution < -0.4 is 5.14 Å². The predicted molar refractivity (Wildman–Crippen MR) is 85.7 cm³/mol. The molecule has 1 amide bonds. The Bertz CT molecular complexity index is 839. The van der Waals surface area contributed by atoms with E-state index in [0.717, 1.165) is 11.8 Å². The Morgan fingerprint density at radius 2 is 2.04 bits per heavy atom. The Kier molecular flexibility index (Phi) is 5.68. The van der Waals surface area contributed by atoms with Gasteiger partial charge in [0.25, 0.3) is 0 Å². The maximum Gasteiger partial charge on any atom is 0.241 e. The summed E-state index contributed by atoms with van der Waals surface area (Å²) < 4.78 is 23.7. The molecule has 2 rings (SSSR count). The minimum absolute atomic E-state index is 0.0186. The SMILES string of the molecule is N#CCN(Cc1ccccc1)C(=O)CCn1cc(S(N)(=O)=O)cn1. The molecule has 0 unspecified atom stereocenters.